The lowest BCUT2D eigenvalue weighted by Crippen LogP contribution is -2.03. The van der Waals surface area contributed by atoms with Crippen LogP contribution in [0.1, 0.15) is 13.3 Å². The molecule has 0 radical (unpaired) electrons. The first kappa shape index (κ1) is 6.07. The second kappa shape index (κ2) is 2.05. The Hall–Kier alpha value is -1.06. The van der Waals surface area contributed by atoms with E-state index in [-0.39, 0.29) is 12.0 Å². The van der Waals surface area contributed by atoms with Gasteiger partial charge in [-0.2, -0.15) is 0 Å². The largest absolute Gasteiger partial charge is 0.437 e. The van der Waals surface area contributed by atoms with E-state index in [4.69, 9.17) is 4.74 Å². The third kappa shape index (κ3) is 1.19. The molecule has 1 unspecified atom stereocenters. The highest BCUT2D eigenvalue weighted by Crippen LogP contribution is 2.15. The molecule has 0 aromatic heterocycles. The Morgan fingerprint density at radius 2 is 2.67 bits per heavy atom. The highest BCUT2D eigenvalue weighted by Gasteiger charge is 2.22. The first-order chi connectivity index (χ1) is 4.20. The molecule has 0 bridgehead atoms. The van der Waals surface area contributed by atoms with Gasteiger partial charge >= 0.3 is 5.88 Å². The molecule has 1 aliphatic heterocycles. The van der Waals surface area contributed by atoms with Crippen molar-refractivity contribution in [2.75, 3.05) is 0 Å². The average molecular weight is 129 g/mol. The number of nitro groups is 1. The lowest BCUT2D eigenvalue weighted by atomic mass is 10.3. The van der Waals surface area contributed by atoms with Gasteiger partial charge in [0.15, 0.2) is 0 Å². The Morgan fingerprint density at radius 3 is 2.89 bits per heavy atom. The summed E-state index contributed by atoms with van der Waals surface area (Å²) in [6.07, 6.45) is 2.12. The van der Waals surface area contributed by atoms with E-state index in [0.29, 0.717) is 6.42 Å². The monoisotopic (exact) mass is 129 g/mol. The van der Waals surface area contributed by atoms with E-state index < -0.39 is 4.92 Å². The van der Waals surface area contributed by atoms with Crippen LogP contribution in [0, 0.1) is 10.1 Å². The topological polar surface area (TPSA) is 52.4 Å². The number of ether oxygens (including phenoxy) is 1. The molecular formula is C5H7NO3. The van der Waals surface area contributed by atoms with Gasteiger partial charge in [-0.15, -0.1) is 0 Å². The Bertz CT molecular complexity index is 164. The van der Waals surface area contributed by atoms with Crippen molar-refractivity contribution in [2.24, 2.45) is 0 Å². The summed E-state index contributed by atoms with van der Waals surface area (Å²) in [5.41, 5.74) is 0. The Labute approximate surface area is 52.3 Å². The third-order valence-corrected chi connectivity index (χ3v) is 1.13. The van der Waals surface area contributed by atoms with Crippen molar-refractivity contribution in [3.63, 3.8) is 0 Å². The first-order valence-electron chi connectivity index (χ1n) is 2.71. The number of hydrogen-bond donors (Lipinski definition) is 0. The van der Waals surface area contributed by atoms with Crippen LogP contribution in [-0.2, 0) is 4.74 Å². The molecule has 0 fully saturated rings. The number of hydrogen-bond acceptors (Lipinski definition) is 3. The van der Waals surface area contributed by atoms with E-state index in [1.54, 1.807) is 6.92 Å². The van der Waals surface area contributed by atoms with Crippen LogP contribution in [0.4, 0.5) is 0 Å². The van der Waals surface area contributed by atoms with E-state index in [9.17, 15) is 10.1 Å². The molecule has 0 amide bonds. The maximum atomic E-state index is 9.96. The van der Waals surface area contributed by atoms with Crippen molar-refractivity contribution in [1.82, 2.24) is 0 Å². The highest BCUT2D eigenvalue weighted by atomic mass is 16.7. The van der Waals surface area contributed by atoms with Crippen molar-refractivity contribution in [1.29, 1.82) is 0 Å². The van der Waals surface area contributed by atoms with Crippen molar-refractivity contribution in [3.8, 4) is 0 Å². The van der Waals surface area contributed by atoms with Crippen molar-refractivity contribution in [3.05, 3.63) is 22.1 Å². The zero-order valence-electron chi connectivity index (χ0n) is 5.03. The predicted octanol–water partition coefficient (Wildman–Crippen LogP) is 0.913. The summed E-state index contributed by atoms with van der Waals surface area (Å²) in [5, 5.41) is 9.96. The van der Waals surface area contributed by atoms with Crippen LogP contribution in [0.15, 0.2) is 12.0 Å². The van der Waals surface area contributed by atoms with Gasteiger partial charge in [0.2, 0.25) is 0 Å². The van der Waals surface area contributed by atoms with E-state index >= 15 is 0 Å². The fraction of sp³-hybridized carbons (Fsp3) is 0.600. The van der Waals surface area contributed by atoms with Gasteiger partial charge in [-0.3, -0.25) is 10.1 Å². The highest BCUT2D eigenvalue weighted by molar-refractivity contribution is 4.91. The molecule has 0 saturated carbocycles. The quantitative estimate of drug-likeness (QED) is 0.390. The summed E-state index contributed by atoms with van der Waals surface area (Å²) in [5.74, 6) is -0.109. The molecule has 0 saturated heterocycles. The van der Waals surface area contributed by atoms with Gasteiger partial charge in [0.05, 0.1) is 0 Å². The molecule has 0 aromatic carbocycles. The normalized spacial score (nSPS) is 25.0. The Morgan fingerprint density at radius 1 is 2.00 bits per heavy atom. The van der Waals surface area contributed by atoms with E-state index in [1.807, 2.05) is 0 Å². The van der Waals surface area contributed by atoms with E-state index in [1.165, 1.54) is 6.08 Å². The van der Waals surface area contributed by atoms with Gasteiger partial charge in [-0.1, -0.05) is 0 Å². The third-order valence-electron chi connectivity index (χ3n) is 1.13. The van der Waals surface area contributed by atoms with Crippen LogP contribution in [-0.4, -0.2) is 11.0 Å². The zero-order chi connectivity index (χ0) is 6.85. The first-order valence-corrected chi connectivity index (χ1v) is 2.71. The SMILES string of the molecule is CC1CC=C([N+](=O)[O-])O1. The molecule has 0 N–H and O–H groups in total. The maximum Gasteiger partial charge on any atom is 0.424 e. The summed E-state index contributed by atoms with van der Waals surface area (Å²) >= 11 is 0. The van der Waals surface area contributed by atoms with Gasteiger partial charge in [0, 0.05) is 12.5 Å². The molecular weight excluding hydrogens is 122 g/mol. The van der Waals surface area contributed by atoms with E-state index in [2.05, 4.69) is 0 Å². The lowest BCUT2D eigenvalue weighted by Gasteiger charge is -1.99. The standard InChI is InChI=1S/C5H7NO3/c1-4-2-3-5(9-4)6(7)8/h3-4H,2H2,1H3. The maximum absolute atomic E-state index is 9.96. The van der Waals surface area contributed by atoms with Crippen LogP contribution < -0.4 is 0 Å². The second-order valence-corrected chi connectivity index (χ2v) is 1.96. The van der Waals surface area contributed by atoms with Gasteiger partial charge in [-0.25, -0.2) is 0 Å². The molecule has 9 heavy (non-hydrogen) atoms. The zero-order valence-corrected chi connectivity index (χ0v) is 5.03. The molecule has 1 rings (SSSR count). The van der Waals surface area contributed by atoms with Gasteiger partial charge in [-0.05, 0) is 6.92 Å². The van der Waals surface area contributed by atoms with Gasteiger partial charge in [0.25, 0.3) is 0 Å². The van der Waals surface area contributed by atoms with Crippen LogP contribution in [0.5, 0.6) is 0 Å². The smallest absolute Gasteiger partial charge is 0.424 e. The molecule has 0 spiro atoms. The van der Waals surface area contributed by atoms with Gasteiger partial charge < -0.3 is 4.74 Å². The average Bonchev–Trinajstić information content (AvgIpc) is 2.14. The van der Waals surface area contributed by atoms with E-state index in [0.717, 1.165) is 0 Å². The summed E-state index contributed by atoms with van der Waals surface area (Å²) < 4.78 is 4.78. The van der Waals surface area contributed by atoms with Crippen LogP contribution in [0.25, 0.3) is 0 Å². The fourth-order valence-corrected chi connectivity index (χ4v) is 0.687. The Kier molecular flexibility index (Phi) is 1.38. The molecule has 0 aromatic rings. The molecule has 50 valence electrons. The summed E-state index contributed by atoms with van der Waals surface area (Å²) in [4.78, 5) is 9.45. The minimum atomic E-state index is -0.510. The number of nitrogens with zero attached hydrogens (tertiary/aromatic N) is 1. The minimum Gasteiger partial charge on any atom is -0.437 e. The minimum absolute atomic E-state index is 0.0228. The summed E-state index contributed by atoms with van der Waals surface area (Å²) in [6.45, 7) is 1.80. The van der Waals surface area contributed by atoms with Gasteiger partial charge in [0.1, 0.15) is 11.0 Å². The summed E-state index contributed by atoms with van der Waals surface area (Å²) in [6, 6.07) is 0. The van der Waals surface area contributed by atoms with Crippen molar-refractivity contribution >= 4 is 0 Å². The molecule has 4 heteroatoms. The summed E-state index contributed by atoms with van der Waals surface area (Å²) in [7, 11) is 0. The molecule has 0 aliphatic carbocycles. The van der Waals surface area contributed by atoms with Crippen LogP contribution >= 0.6 is 0 Å². The molecule has 1 heterocycles. The molecule has 1 atom stereocenters. The number of rotatable bonds is 1. The van der Waals surface area contributed by atoms with Crippen molar-refractivity contribution < 1.29 is 9.66 Å². The Balaban J connectivity index is 2.55. The molecule has 1 aliphatic rings. The van der Waals surface area contributed by atoms with Crippen LogP contribution in [0.3, 0.4) is 0 Å². The van der Waals surface area contributed by atoms with Crippen LogP contribution in [0.2, 0.25) is 0 Å². The van der Waals surface area contributed by atoms with Crippen molar-refractivity contribution in [2.45, 2.75) is 19.4 Å². The lowest BCUT2D eigenvalue weighted by molar-refractivity contribution is -0.463. The second-order valence-electron chi connectivity index (χ2n) is 1.96. The predicted molar refractivity (Wildman–Crippen MR) is 30.2 cm³/mol. The fourth-order valence-electron chi connectivity index (χ4n) is 0.687. The molecule has 4 nitrogen and oxygen atoms in total.